The van der Waals surface area contributed by atoms with Gasteiger partial charge >= 0.3 is 0 Å². The summed E-state index contributed by atoms with van der Waals surface area (Å²) in [5.74, 6) is 0.365. The second-order valence-corrected chi connectivity index (χ2v) is 7.47. The third-order valence-electron chi connectivity index (χ3n) is 5.69. The maximum atomic E-state index is 12.6. The van der Waals surface area contributed by atoms with Gasteiger partial charge in [-0.15, -0.1) is 0 Å². The smallest absolute Gasteiger partial charge is 0.226 e. The van der Waals surface area contributed by atoms with Crippen molar-refractivity contribution in [1.82, 2.24) is 19.8 Å². The number of aromatic nitrogens is 2. The minimum absolute atomic E-state index is 0.111. The van der Waals surface area contributed by atoms with Gasteiger partial charge in [0.2, 0.25) is 5.91 Å². The van der Waals surface area contributed by atoms with Crippen LogP contribution in [0.1, 0.15) is 25.7 Å². The Labute approximate surface area is 147 Å². The van der Waals surface area contributed by atoms with Crippen molar-refractivity contribution in [2.45, 2.75) is 37.8 Å². The fraction of sp³-hybridized carbons (Fsp3) is 0.579. The van der Waals surface area contributed by atoms with Gasteiger partial charge in [-0.05, 0) is 44.4 Å². The molecule has 2 fully saturated rings. The van der Waals surface area contributed by atoms with E-state index < -0.39 is 5.60 Å². The van der Waals surface area contributed by atoms with Crippen molar-refractivity contribution in [2.75, 3.05) is 26.2 Å². The first-order valence-corrected chi connectivity index (χ1v) is 9.25. The van der Waals surface area contributed by atoms with E-state index in [1.165, 1.54) is 0 Å². The average molecular weight is 342 g/mol. The van der Waals surface area contributed by atoms with E-state index in [-0.39, 0.29) is 11.8 Å². The largest absolute Gasteiger partial charge is 0.388 e. The van der Waals surface area contributed by atoms with Crippen molar-refractivity contribution in [3.8, 4) is 0 Å². The van der Waals surface area contributed by atoms with Crippen LogP contribution >= 0.6 is 0 Å². The molecule has 2 aromatic heterocycles. The third-order valence-corrected chi connectivity index (χ3v) is 5.69. The topological polar surface area (TPSA) is 70.4 Å². The van der Waals surface area contributed by atoms with Gasteiger partial charge in [0.05, 0.1) is 29.8 Å². The molecule has 1 atom stereocenters. The van der Waals surface area contributed by atoms with Gasteiger partial charge in [-0.1, -0.05) is 0 Å². The summed E-state index contributed by atoms with van der Waals surface area (Å²) in [4.78, 5) is 18.8. The molecule has 1 unspecified atom stereocenters. The van der Waals surface area contributed by atoms with Crippen LogP contribution in [0.3, 0.4) is 0 Å². The van der Waals surface area contributed by atoms with Crippen LogP contribution in [0, 0.1) is 5.92 Å². The minimum atomic E-state index is -0.761. The maximum Gasteiger partial charge on any atom is 0.226 e. The molecule has 25 heavy (non-hydrogen) atoms. The van der Waals surface area contributed by atoms with E-state index in [0.29, 0.717) is 32.5 Å². The lowest BCUT2D eigenvalue weighted by Crippen LogP contribution is -2.51. The summed E-state index contributed by atoms with van der Waals surface area (Å²) in [6, 6.07) is 4.03. The average Bonchev–Trinajstić information content (AvgIpc) is 3.05. The number of hydrogen-bond donors (Lipinski definition) is 2. The summed E-state index contributed by atoms with van der Waals surface area (Å²) in [6.07, 6.45) is 8.93. The molecule has 0 aliphatic carbocycles. The Morgan fingerprint density at radius 2 is 2.20 bits per heavy atom. The van der Waals surface area contributed by atoms with E-state index in [1.807, 2.05) is 23.4 Å². The molecule has 134 valence electrons. The highest BCUT2D eigenvalue weighted by Gasteiger charge is 2.36. The molecule has 2 aliphatic rings. The molecule has 0 radical (unpaired) electrons. The highest BCUT2D eigenvalue weighted by atomic mass is 16.3. The first kappa shape index (κ1) is 16.5. The van der Waals surface area contributed by atoms with Gasteiger partial charge in [-0.2, -0.15) is 0 Å². The Morgan fingerprint density at radius 1 is 1.36 bits per heavy atom. The summed E-state index contributed by atoms with van der Waals surface area (Å²) in [5, 5.41) is 15.5. The molecule has 2 saturated heterocycles. The molecule has 2 aliphatic heterocycles. The molecule has 6 nitrogen and oxygen atoms in total. The molecule has 4 heterocycles. The number of piperidine rings is 2. The van der Waals surface area contributed by atoms with Crippen LogP contribution in [-0.2, 0) is 11.3 Å². The van der Waals surface area contributed by atoms with Crippen molar-refractivity contribution in [1.29, 1.82) is 0 Å². The number of pyridine rings is 1. The van der Waals surface area contributed by atoms with Gasteiger partial charge in [0.25, 0.3) is 0 Å². The molecular formula is C19H26N4O2. The standard InChI is InChI=1S/C19H26N4O2/c24-18(16-2-1-7-20-12-16)22-10-5-19(25,6-11-22)14-23-9-4-15-3-8-21-13-17(15)23/h3-4,8-9,13,16,20,25H,1-2,5-7,10-12,14H2. The van der Waals surface area contributed by atoms with Gasteiger partial charge in [-0.3, -0.25) is 9.78 Å². The number of amides is 1. The predicted octanol–water partition coefficient (Wildman–Crippen LogP) is 1.39. The second-order valence-electron chi connectivity index (χ2n) is 7.47. The number of rotatable bonds is 3. The Balaban J connectivity index is 1.39. The summed E-state index contributed by atoms with van der Waals surface area (Å²) in [6.45, 7) is 3.65. The van der Waals surface area contributed by atoms with E-state index in [0.717, 1.165) is 36.8 Å². The summed E-state index contributed by atoms with van der Waals surface area (Å²) >= 11 is 0. The first-order chi connectivity index (χ1) is 12.1. The Kier molecular flexibility index (Phi) is 4.48. The number of hydrogen-bond acceptors (Lipinski definition) is 4. The zero-order valence-electron chi connectivity index (χ0n) is 14.5. The second kappa shape index (κ2) is 6.77. The van der Waals surface area contributed by atoms with Gasteiger partial charge in [-0.25, -0.2) is 0 Å². The predicted molar refractivity (Wildman–Crippen MR) is 96.1 cm³/mol. The van der Waals surface area contributed by atoms with Gasteiger partial charge in [0, 0.05) is 37.4 Å². The monoisotopic (exact) mass is 342 g/mol. The van der Waals surface area contributed by atoms with Gasteiger partial charge < -0.3 is 19.9 Å². The maximum absolute atomic E-state index is 12.6. The fourth-order valence-corrected chi connectivity index (χ4v) is 4.11. The first-order valence-electron chi connectivity index (χ1n) is 9.25. The van der Waals surface area contributed by atoms with Crippen molar-refractivity contribution < 1.29 is 9.90 Å². The lowest BCUT2D eigenvalue weighted by atomic mass is 9.89. The number of aliphatic hydroxyl groups is 1. The van der Waals surface area contributed by atoms with E-state index in [9.17, 15) is 9.90 Å². The van der Waals surface area contributed by atoms with Gasteiger partial charge in [0.1, 0.15) is 0 Å². The molecule has 0 aromatic carbocycles. The van der Waals surface area contributed by atoms with E-state index in [4.69, 9.17) is 0 Å². The number of carbonyl (C=O) groups excluding carboxylic acids is 1. The van der Waals surface area contributed by atoms with E-state index in [1.54, 1.807) is 6.20 Å². The number of nitrogens with zero attached hydrogens (tertiary/aromatic N) is 3. The van der Waals surface area contributed by atoms with Gasteiger partial charge in [0.15, 0.2) is 0 Å². The van der Waals surface area contributed by atoms with Crippen LogP contribution < -0.4 is 5.32 Å². The number of carbonyl (C=O) groups is 1. The quantitative estimate of drug-likeness (QED) is 0.884. The molecule has 4 rings (SSSR count). The normalized spacial score (nSPS) is 23.7. The Morgan fingerprint density at radius 3 is 2.96 bits per heavy atom. The van der Waals surface area contributed by atoms with Crippen LogP contribution in [0.15, 0.2) is 30.7 Å². The molecular weight excluding hydrogens is 316 g/mol. The Bertz CT molecular complexity index is 743. The van der Waals surface area contributed by atoms with Crippen LogP contribution in [0.4, 0.5) is 0 Å². The third kappa shape index (κ3) is 3.41. The van der Waals surface area contributed by atoms with Crippen molar-refractivity contribution in [3.63, 3.8) is 0 Å². The van der Waals surface area contributed by atoms with Crippen LogP contribution in [-0.4, -0.2) is 57.2 Å². The molecule has 0 saturated carbocycles. The van der Waals surface area contributed by atoms with Crippen molar-refractivity contribution in [2.24, 2.45) is 5.92 Å². The van der Waals surface area contributed by atoms with Crippen molar-refractivity contribution in [3.05, 3.63) is 30.7 Å². The summed E-state index contributed by atoms with van der Waals surface area (Å²) in [5.41, 5.74) is 0.284. The lowest BCUT2D eigenvalue weighted by molar-refractivity contribution is -0.140. The van der Waals surface area contributed by atoms with Crippen molar-refractivity contribution >= 4 is 16.8 Å². The molecule has 1 amide bonds. The molecule has 0 spiro atoms. The lowest BCUT2D eigenvalue weighted by Gasteiger charge is -2.40. The molecule has 2 aromatic rings. The fourth-order valence-electron chi connectivity index (χ4n) is 4.11. The van der Waals surface area contributed by atoms with Crippen LogP contribution in [0.25, 0.3) is 10.9 Å². The van der Waals surface area contributed by atoms with E-state index >= 15 is 0 Å². The minimum Gasteiger partial charge on any atom is -0.388 e. The zero-order chi connectivity index (χ0) is 17.3. The summed E-state index contributed by atoms with van der Waals surface area (Å²) in [7, 11) is 0. The SMILES string of the molecule is O=C(C1CCCNC1)N1CCC(O)(Cn2ccc3ccncc32)CC1. The number of nitrogens with one attached hydrogen (secondary N) is 1. The van der Waals surface area contributed by atoms with Crippen LogP contribution in [0.2, 0.25) is 0 Å². The Hall–Kier alpha value is -1.92. The van der Waals surface area contributed by atoms with E-state index in [2.05, 4.69) is 20.9 Å². The summed E-state index contributed by atoms with van der Waals surface area (Å²) < 4.78 is 2.07. The van der Waals surface area contributed by atoms with Crippen LogP contribution in [0.5, 0.6) is 0 Å². The highest BCUT2D eigenvalue weighted by molar-refractivity contribution is 5.79. The number of fused-ring (bicyclic) bond motifs is 1. The zero-order valence-corrected chi connectivity index (χ0v) is 14.5. The molecule has 2 N–H and O–H groups in total. The number of likely N-dealkylation sites (tertiary alicyclic amines) is 1. The molecule has 6 heteroatoms. The molecule has 0 bridgehead atoms. The highest BCUT2D eigenvalue weighted by Crippen LogP contribution is 2.27.